The lowest BCUT2D eigenvalue weighted by molar-refractivity contribution is -0.137. The average Bonchev–Trinajstić information content (AvgIpc) is 2.48. The van der Waals surface area contributed by atoms with Crippen LogP contribution in [-0.4, -0.2) is 41.4 Å². The molecular formula is C16H22FNO2S. The molecule has 1 atom stereocenters. The second kappa shape index (κ2) is 8.39. The topological polar surface area (TPSA) is 40.5 Å². The zero-order valence-corrected chi connectivity index (χ0v) is 12.9. The Balaban J connectivity index is 1.68. The van der Waals surface area contributed by atoms with Crippen molar-refractivity contribution in [2.24, 2.45) is 5.92 Å². The molecule has 3 nitrogen and oxygen atoms in total. The van der Waals surface area contributed by atoms with E-state index in [0.717, 1.165) is 49.5 Å². The van der Waals surface area contributed by atoms with Crippen molar-refractivity contribution in [2.75, 3.05) is 25.4 Å². The van der Waals surface area contributed by atoms with Crippen molar-refractivity contribution in [1.29, 1.82) is 0 Å². The summed E-state index contributed by atoms with van der Waals surface area (Å²) in [5.74, 6) is 0.610. The van der Waals surface area contributed by atoms with Crippen LogP contribution in [0.1, 0.15) is 25.7 Å². The highest BCUT2D eigenvalue weighted by Gasteiger charge is 2.20. The molecule has 1 N–H and O–H groups in total. The third kappa shape index (κ3) is 6.06. The molecule has 0 amide bonds. The van der Waals surface area contributed by atoms with Gasteiger partial charge < -0.3 is 10.0 Å². The first-order valence-electron chi connectivity index (χ1n) is 7.46. The largest absolute Gasteiger partial charge is 0.481 e. The second-order valence-electron chi connectivity index (χ2n) is 5.54. The summed E-state index contributed by atoms with van der Waals surface area (Å²) in [5.41, 5.74) is 0. The number of nitrogens with zero attached hydrogens (tertiary/aromatic N) is 1. The van der Waals surface area contributed by atoms with E-state index in [-0.39, 0.29) is 12.2 Å². The Bertz CT molecular complexity index is 452. The zero-order chi connectivity index (χ0) is 15.1. The van der Waals surface area contributed by atoms with Gasteiger partial charge in [0.1, 0.15) is 5.82 Å². The van der Waals surface area contributed by atoms with Crippen LogP contribution in [0.5, 0.6) is 0 Å². The minimum Gasteiger partial charge on any atom is -0.481 e. The van der Waals surface area contributed by atoms with Gasteiger partial charge in [0.25, 0.3) is 0 Å². The summed E-state index contributed by atoms with van der Waals surface area (Å²) in [6.45, 7) is 3.12. The third-order valence-corrected chi connectivity index (χ3v) is 4.85. The molecule has 1 saturated heterocycles. The molecule has 1 aliphatic rings. The molecule has 1 aromatic rings. The lowest BCUT2D eigenvalue weighted by Gasteiger charge is -2.32. The second-order valence-corrected chi connectivity index (χ2v) is 6.71. The van der Waals surface area contributed by atoms with Crippen LogP contribution in [0.4, 0.5) is 4.39 Å². The smallest absolute Gasteiger partial charge is 0.303 e. The predicted octanol–water partition coefficient (Wildman–Crippen LogP) is 3.49. The molecule has 1 unspecified atom stereocenters. The van der Waals surface area contributed by atoms with Crippen molar-refractivity contribution < 1.29 is 14.3 Å². The number of rotatable bonds is 7. The summed E-state index contributed by atoms with van der Waals surface area (Å²) < 4.78 is 12.8. The molecule has 0 bridgehead atoms. The van der Waals surface area contributed by atoms with Gasteiger partial charge in [-0.2, -0.15) is 0 Å². The maximum absolute atomic E-state index is 12.8. The van der Waals surface area contributed by atoms with E-state index in [4.69, 9.17) is 5.11 Å². The van der Waals surface area contributed by atoms with Crippen LogP contribution in [0.25, 0.3) is 0 Å². The van der Waals surface area contributed by atoms with E-state index >= 15 is 0 Å². The van der Waals surface area contributed by atoms with Crippen LogP contribution in [0.15, 0.2) is 29.2 Å². The molecular weight excluding hydrogens is 289 g/mol. The number of thioether (sulfide) groups is 1. The molecule has 0 aliphatic carbocycles. The van der Waals surface area contributed by atoms with E-state index in [1.54, 1.807) is 11.8 Å². The van der Waals surface area contributed by atoms with Crippen LogP contribution in [0.3, 0.4) is 0 Å². The van der Waals surface area contributed by atoms with Gasteiger partial charge >= 0.3 is 5.97 Å². The van der Waals surface area contributed by atoms with E-state index in [1.165, 1.54) is 12.1 Å². The molecule has 1 aromatic carbocycles. The Labute approximate surface area is 129 Å². The molecule has 116 valence electrons. The molecule has 1 heterocycles. The minimum absolute atomic E-state index is 0.198. The van der Waals surface area contributed by atoms with Crippen LogP contribution < -0.4 is 0 Å². The van der Waals surface area contributed by atoms with Gasteiger partial charge in [0, 0.05) is 30.2 Å². The summed E-state index contributed by atoms with van der Waals surface area (Å²) in [6, 6.07) is 6.61. The zero-order valence-electron chi connectivity index (χ0n) is 12.1. The monoisotopic (exact) mass is 311 g/mol. The SMILES string of the molecule is O=C(O)CCC1CCCN(CCSc2ccc(F)cc2)C1. The number of halogens is 1. The van der Waals surface area contributed by atoms with E-state index in [0.29, 0.717) is 5.92 Å². The maximum atomic E-state index is 12.8. The van der Waals surface area contributed by atoms with Gasteiger partial charge in [0.15, 0.2) is 0 Å². The molecule has 0 aromatic heterocycles. The fourth-order valence-electron chi connectivity index (χ4n) is 2.74. The molecule has 1 fully saturated rings. The molecule has 1 aliphatic heterocycles. The Morgan fingerprint density at radius 1 is 1.38 bits per heavy atom. The summed E-state index contributed by atoms with van der Waals surface area (Å²) in [6.07, 6.45) is 3.38. The van der Waals surface area contributed by atoms with Gasteiger partial charge in [0.05, 0.1) is 0 Å². The van der Waals surface area contributed by atoms with Crippen molar-refractivity contribution >= 4 is 17.7 Å². The quantitative estimate of drug-likeness (QED) is 0.783. The highest BCUT2D eigenvalue weighted by Crippen LogP contribution is 2.23. The number of likely N-dealkylation sites (tertiary alicyclic amines) is 1. The first kappa shape index (κ1) is 16.3. The fraction of sp³-hybridized carbons (Fsp3) is 0.562. The predicted molar refractivity (Wildman–Crippen MR) is 83.2 cm³/mol. The highest BCUT2D eigenvalue weighted by molar-refractivity contribution is 7.99. The van der Waals surface area contributed by atoms with Crippen molar-refractivity contribution in [1.82, 2.24) is 4.90 Å². The number of hydrogen-bond acceptors (Lipinski definition) is 3. The third-order valence-electron chi connectivity index (χ3n) is 3.86. The van der Waals surface area contributed by atoms with Gasteiger partial charge in [-0.15, -0.1) is 11.8 Å². The number of carbonyl (C=O) groups is 1. The van der Waals surface area contributed by atoms with Crippen molar-refractivity contribution in [3.05, 3.63) is 30.1 Å². The molecule has 0 radical (unpaired) electrons. The van der Waals surface area contributed by atoms with Gasteiger partial charge in [-0.1, -0.05) is 0 Å². The number of hydrogen-bond donors (Lipinski definition) is 1. The van der Waals surface area contributed by atoms with Crippen molar-refractivity contribution in [3.8, 4) is 0 Å². The summed E-state index contributed by atoms with van der Waals surface area (Å²) in [4.78, 5) is 14.1. The van der Waals surface area contributed by atoms with E-state index < -0.39 is 5.97 Å². The minimum atomic E-state index is -0.695. The normalized spacial score (nSPS) is 19.6. The van der Waals surface area contributed by atoms with E-state index in [9.17, 15) is 9.18 Å². The molecule has 0 spiro atoms. The number of carboxylic acid groups (broad SMARTS) is 1. The van der Waals surface area contributed by atoms with Crippen LogP contribution in [0.2, 0.25) is 0 Å². The fourth-order valence-corrected chi connectivity index (χ4v) is 3.65. The molecule has 5 heteroatoms. The van der Waals surface area contributed by atoms with E-state index in [2.05, 4.69) is 4.90 Å². The van der Waals surface area contributed by atoms with Crippen LogP contribution in [-0.2, 0) is 4.79 Å². The van der Waals surface area contributed by atoms with Crippen molar-refractivity contribution in [3.63, 3.8) is 0 Å². The Kier molecular flexibility index (Phi) is 6.51. The summed E-state index contributed by atoms with van der Waals surface area (Å²) in [5, 5.41) is 8.75. The van der Waals surface area contributed by atoms with Gasteiger partial charge in [0.2, 0.25) is 0 Å². The lowest BCUT2D eigenvalue weighted by Crippen LogP contribution is -2.37. The van der Waals surface area contributed by atoms with Gasteiger partial charge in [-0.3, -0.25) is 4.79 Å². The van der Waals surface area contributed by atoms with Crippen LogP contribution in [0, 0.1) is 11.7 Å². The lowest BCUT2D eigenvalue weighted by atomic mass is 9.93. The van der Waals surface area contributed by atoms with Gasteiger partial charge in [-0.05, 0) is 56.0 Å². The number of benzene rings is 1. The number of aliphatic carboxylic acids is 1. The average molecular weight is 311 g/mol. The molecule has 21 heavy (non-hydrogen) atoms. The summed E-state index contributed by atoms with van der Waals surface area (Å²) >= 11 is 1.74. The molecule has 2 rings (SSSR count). The van der Waals surface area contributed by atoms with Crippen LogP contribution >= 0.6 is 11.8 Å². The van der Waals surface area contributed by atoms with E-state index in [1.807, 2.05) is 12.1 Å². The number of piperidine rings is 1. The maximum Gasteiger partial charge on any atom is 0.303 e. The first-order chi connectivity index (χ1) is 10.1. The Hall–Kier alpha value is -1.07. The molecule has 0 saturated carbocycles. The Morgan fingerprint density at radius 3 is 2.86 bits per heavy atom. The summed E-state index contributed by atoms with van der Waals surface area (Å²) in [7, 11) is 0. The first-order valence-corrected chi connectivity index (χ1v) is 8.44. The standard InChI is InChI=1S/C16H22FNO2S/c17-14-4-6-15(7-5-14)21-11-10-18-9-1-2-13(12-18)3-8-16(19)20/h4-7,13H,1-3,8-12H2,(H,19,20). The van der Waals surface area contributed by atoms with Gasteiger partial charge in [-0.25, -0.2) is 4.39 Å². The van der Waals surface area contributed by atoms with Crippen molar-refractivity contribution in [2.45, 2.75) is 30.6 Å². The Morgan fingerprint density at radius 2 is 2.14 bits per heavy atom. The highest BCUT2D eigenvalue weighted by atomic mass is 32.2. The number of carboxylic acids is 1.